The van der Waals surface area contributed by atoms with E-state index in [0.717, 1.165) is 35.9 Å². The van der Waals surface area contributed by atoms with Crippen molar-refractivity contribution in [3.63, 3.8) is 0 Å². The molecule has 7 nitrogen and oxygen atoms in total. The summed E-state index contributed by atoms with van der Waals surface area (Å²) in [6.07, 6.45) is 0. The predicted octanol–water partition coefficient (Wildman–Crippen LogP) is 2.06. The van der Waals surface area contributed by atoms with Gasteiger partial charge in [0.15, 0.2) is 11.5 Å². The Morgan fingerprint density at radius 3 is 2.65 bits per heavy atom. The quantitative estimate of drug-likeness (QED) is 0.755. The van der Waals surface area contributed by atoms with E-state index in [9.17, 15) is 4.39 Å². The molecule has 136 valence electrons. The second-order valence-corrected chi connectivity index (χ2v) is 6.33. The fraction of sp³-hybridized carbons (Fsp3) is 0.389. The Balaban J connectivity index is 1.54. The number of benzene rings is 1. The van der Waals surface area contributed by atoms with Crippen molar-refractivity contribution in [3.8, 4) is 0 Å². The summed E-state index contributed by atoms with van der Waals surface area (Å²) in [5, 5.41) is 16.0. The molecular weight excluding hydrogens is 335 g/mol. The first-order valence-electron chi connectivity index (χ1n) is 8.71. The lowest BCUT2D eigenvalue weighted by Crippen LogP contribution is -2.41. The maximum atomic E-state index is 13.3. The molecule has 3 heterocycles. The third-order valence-electron chi connectivity index (χ3n) is 4.64. The van der Waals surface area contributed by atoms with Crippen LogP contribution in [-0.2, 0) is 4.74 Å². The molecule has 0 unspecified atom stereocenters. The number of fused-ring (bicyclic) bond motifs is 1. The fourth-order valence-electron chi connectivity index (χ4n) is 3.22. The van der Waals surface area contributed by atoms with Crippen LogP contribution in [0, 0.1) is 12.7 Å². The SMILES string of the molecule is Cc1nnc2ccc(NC[C@@H](c3ccc(F)cc3)N3CCOCC3)nn12. The summed E-state index contributed by atoms with van der Waals surface area (Å²) >= 11 is 0. The topological polar surface area (TPSA) is 67.6 Å². The van der Waals surface area contributed by atoms with E-state index in [4.69, 9.17) is 4.74 Å². The van der Waals surface area contributed by atoms with Gasteiger partial charge in [0.25, 0.3) is 0 Å². The highest BCUT2D eigenvalue weighted by Crippen LogP contribution is 2.23. The minimum Gasteiger partial charge on any atom is -0.379 e. The summed E-state index contributed by atoms with van der Waals surface area (Å²) in [6.45, 7) is 5.64. The number of aromatic nitrogens is 4. The van der Waals surface area contributed by atoms with E-state index >= 15 is 0 Å². The van der Waals surface area contributed by atoms with E-state index in [1.165, 1.54) is 12.1 Å². The van der Waals surface area contributed by atoms with Gasteiger partial charge in [-0.1, -0.05) is 12.1 Å². The fourth-order valence-corrected chi connectivity index (χ4v) is 3.22. The number of anilines is 1. The number of rotatable bonds is 5. The van der Waals surface area contributed by atoms with Crippen LogP contribution in [0.1, 0.15) is 17.4 Å². The van der Waals surface area contributed by atoms with Gasteiger partial charge in [0, 0.05) is 19.6 Å². The van der Waals surface area contributed by atoms with E-state index in [1.807, 2.05) is 31.2 Å². The van der Waals surface area contributed by atoms with Crippen LogP contribution in [0.4, 0.5) is 10.2 Å². The number of hydrogen-bond acceptors (Lipinski definition) is 6. The zero-order valence-corrected chi connectivity index (χ0v) is 14.6. The van der Waals surface area contributed by atoms with Gasteiger partial charge >= 0.3 is 0 Å². The van der Waals surface area contributed by atoms with Crippen molar-refractivity contribution >= 4 is 11.5 Å². The van der Waals surface area contributed by atoms with E-state index in [1.54, 1.807) is 4.52 Å². The number of aryl methyl sites for hydroxylation is 1. The maximum absolute atomic E-state index is 13.3. The molecular formula is C18H21FN6O. The van der Waals surface area contributed by atoms with E-state index in [-0.39, 0.29) is 11.9 Å². The molecule has 1 atom stereocenters. The lowest BCUT2D eigenvalue weighted by atomic mass is 10.0. The molecule has 0 spiro atoms. The highest BCUT2D eigenvalue weighted by molar-refractivity contribution is 5.44. The monoisotopic (exact) mass is 356 g/mol. The Morgan fingerprint density at radius 2 is 1.88 bits per heavy atom. The van der Waals surface area contributed by atoms with E-state index in [2.05, 4.69) is 25.5 Å². The molecule has 1 aromatic carbocycles. The molecule has 3 aromatic rings. The van der Waals surface area contributed by atoms with Crippen LogP contribution in [0.5, 0.6) is 0 Å². The lowest BCUT2D eigenvalue weighted by Gasteiger charge is -2.35. The van der Waals surface area contributed by atoms with Crippen LogP contribution >= 0.6 is 0 Å². The van der Waals surface area contributed by atoms with E-state index < -0.39 is 0 Å². The number of nitrogens with one attached hydrogen (secondary N) is 1. The third-order valence-corrected chi connectivity index (χ3v) is 4.64. The number of ether oxygens (including phenoxy) is 1. The largest absolute Gasteiger partial charge is 0.379 e. The van der Waals surface area contributed by atoms with Crippen molar-refractivity contribution in [1.82, 2.24) is 24.7 Å². The molecule has 26 heavy (non-hydrogen) atoms. The summed E-state index contributed by atoms with van der Waals surface area (Å²) < 4.78 is 20.5. The van der Waals surface area contributed by atoms with Crippen LogP contribution < -0.4 is 5.32 Å². The highest BCUT2D eigenvalue weighted by Gasteiger charge is 2.22. The van der Waals surface area contributed by atoms with Gasteiger partial charge in [-0.15, -0.1) is 15.3 Å². The molecule has 0 radical (unpaired) electrons. The highest BCUT2D eigenvalue weighted by atomic mass is 19.1. The molecule has 0 bridgehead atoms. The van der Waals surface area contributed by atoms with Crippen molar-refractivity contribution in [3.05, 3.63) is 53.6 Å². The summed E-state index contributed by atoms with van der Waals surface area (Å²) in [5.41, 5.74) is 1.79. The Morgan fingerprint density at radius 1 is 1.12 bits per heavy atom. The maximum Gasteiger partial charge on any atom is 0.178 e. The van der Waals surface area contributed by atoms with Crippen molar-refractivity contribution in [2.45, 2.75) is 13.0 Å². The second-order valence-electron chi connectivity index (χ2n) is 6.33. The molecule has 1 aliphatic rings. The van der Waals surface area contributed by atoms with Crippen LogP contribution in [0.15, 0.2) is 36.4 Å². The molecule has 4 rings (SSSR count). The average Bonchev–Trinajstić information content (AvgIpc) is 3.05. The summed E-state index contributed by atoms with van der Waals surface area (Å²) in [7, 11) is 0. The van der Waals surface area contributed by atoms with Gasteiger partial charge in [0.1, 0.15) is 11.6 Å². The molecule has 1 saturated heterocycles. The van der Waals surface area contributed by atoms with Gasteiger partial charge in [-0.25, -0.2) is 4.39 Å². The first kappa shape index (κ1) is 16.9. The first-order valence-corrected chi connectivity index (χ1v) is 8.71. The third kappa shape index (κ3) is 3.51. The standard InChI is InChI=1S/C18H21FN6O/c1-13-21-22-18-7-6-17(23-25(13)18)20-12-16(24-8-10-26-11-9-24)14-2-4-15(19)5-3-14/h2-7,16H,8-12H2,1H3,(H,20,23)/t16-/m0/s1. The molecule has 2 aromatic heterocycles. The zero-order chi connectivity index (χ0) is 17.9. The van der Waals surface area contributed by atoms with Crippen molar-refractivity contribution < 1.29 is 9.13 Å². The van der Waals surface area contributed by atoms with Crippen LogP contribution in [0.25, 0.3) is 5.65 Å². The zero-order valence-electron chi connectivity index (χ0n) is 14.6. The van der Waals surface area contributed by atoms with Gasteiger partial charge in [0.2, 0.25) is 0 Å². The molecule has 0 aliphatic carbocycles. The van der Waals surface area contributed by atoms with Crippen molar-refractivity contribution in [1.29, 1.82) is 0 Å². The Hall–Kier alpha value is -2.58. The molecule has 0 saturated carbocycles. The molecule has 1 aliphatic heterocycles. The van der Waals surface area contributed by atoms with E-state index in [0.29, 0.717) is 19.8 Å². The summed E-state index contributed by atoms with van der Waals surface area (Å²) in [4.78, 5) is 2.35. The van der Waals surface area contributed by atoms with Crippen molar-refractivity contribution in [2.24, 2.45) is 0 Å². The van der Waals surface area contributed by atoms with Gasteiger partial charge in [-0.3, -0.25) is 4.90 Å². The molecule has 8 heteroatoms. The first-order chi connectivity index (χ1) is 12.7. The Kier molecular flexibility index (Phi) is 4.77. The number of nitrogens with zero attached hydrogens (tertiary/aromatic N) is 5. The van der Waals surface area contributed by atoms with Crippen molar-refractivity contribution in [2.75, 3.05) is 38.2 Å². The molecule has 0 amide bonds. The average molecular weight is 356 g/mol. The minimum atomic E-state index is -0.224. The molecule has 1 N–H and O–H groups in total. The van der Waals surface area contributed by atoms with Crippen LogP contribution in [0.3, 0.4) is 0 Å². The summed E-state index contributed by atoms with van der Waals surface area (Å²) in [5.74, 6) is 1.27. The van der Waals surface area contributed by atoms with Gasteiger partial charge in [0.05, 0.1) is 19.3 Å². The lowest BCUT2D eigenvalue weighted by molar-refractivity contribution is 0.0187. The predicted molar refractivity (Wildman–Crippen MR) is 95.5 cm³/mol. The smallest absolute Gasteiger partial charge is 0.178 e. The van der Waals surface area contributed by atoms with Gasteiger partial charge in [-0.2, -0.15) is 4.52 Å². The molecule has 1 fully saturated rings. The second kappa shape index (κ2) is 7.35. The normalized spacial score (nSPS) is 16.7. The Labute approximate surface area is 150 Å². The van der Waals surface area contributed by atoms with Crippen LogP contribution in [-0.4, -0.2) is 57.6 Å². The van der Waals surface area contributed by atoms with Crippen LogP contribution in [0.2, 0.25) is 0 Å². The van der Waals surface area contributed by atoms with Gasteiger partial charge < -0.3 is 10.1 Å². The number of morpholine rings is 1. The summed E-state index contributed by atoms with van der Waals surface area (Å²) in [6, 6.07) is 10.6. The number of hydrogen-bond donors (Lipinski definition) is 1. The van der Waals surface area contributed by atoms with Gasteiger partial charge in [-0.05, 0) is 36.8 Å². The minimum absolute atomic E-state index is 0.110. The number of halogens is 1. The Bertz CT molecular complexity index is 875.